The number of aryl methyl sites for hydroxylation is 2. The van der Waals surface area contributed by atoms with Crippen LogP contribution in [-0.4, -0.2) is 17.8 Å². The van der Waals surface area contributed by atoms with Gasteiger partial charge in [0.05, 0.1) is 5.52 Å². The fourth-order valence-corrected chi connectivity index (χ4v) is 2.48. The molecule has 0 amide bonds. The Kier molecular flexibility index (Phi) is 2.24. The van der Waals surface area contributed by atoms with E-state index in [1.54, 1.807) is 23.6 Å². The van der Waals surface area contributed by atoms with Crippen molar-refractivity contribution in [1.82, 2.24) is 9.38 Å². The Balaban J connectivity index is 2.94. The summed E-state index contributed by atoms with van der Waals surface area (Å²) in [4.78, 5) is 3.95. The second-order valence-corrected chi connectivity index (χ2v) is 5.84. The maximum Gasteiger partial charge on any atom is 0.280 e. The quantitative estimate of drug-likeness (QED) is 0.720. The fourth-order valence-electron chi connectivity index (χ4n) is 1.49. The first kappa shape index (κ1) is 10.4. The molecule has 0 saturated heterocycles. The molecule has 2 aromatic rings. The summed E-state index contributed by atoms with van der Waals surface area (Å²) >= 11 is 0. The Morgan fingerprint density at radius 3 is 2.67 bits per heavy atom. The van der Waals surface area contributed by atoms with Crippen LogP contribution in [0.15, 0.2) is 23.4 Å². The third kappa shape index (κ3) is 1.72. The molecule has 0 bridgehead atoms. The maximum absolute atomic E-state index is 11.3. The monoisotopic (exact) mass is 244 g/mol. The van der Waals surface area contributed by atoms with Gasteiger partial charge in [0, 0.05) is 16.9 Å². The molecule has 0 unspecified atom stereocenters. The molecule has 0 spiro atoms. The molecule has 0 atom stereocenters. The van der Waals surface area contributed by atoms with Crippen LogP contribution in [0.5, 0.6) is 0 Å². The number of imidazole rings is 1. The van der Waals surface area contributed by atoms with Crippen LogP contribution in [0.4, 0.5) is 0 Å². The predicted molar refractivity (Wildman–Crippen MR) is 57.7 cm³/mol. The minimum absolute atomic E-state index is 0.0784. The number of hydrogen-bond donors (Lipinski definition) is 0. The van der Waals surface area contributed by atoms with Gasteiger partial charge in [-0.1, -0.05) is 0 Å². The topological polar surface area (TPSA) is 51.4 Å². The van der Waals surface area contributed by atoms with Gasteiger partial charge in [0.1, 0.15) is 5.82 Å². The van der Waals surface area contributed by atoms with Gasteiger partial charge in [0.2, 0.25) is 0 Å². The molecule has 0 aliphatic rings. The molecule has 2 aromatic heterocycles. The lowest BCUT2D eigenvalue weighted by atomic mass is 10.3. The van der Waals surface area contributed by atoms with E-state index in [-0.39, 0.29) is 5.03 Å². The second kappa shape index (κ2) is 3.21. The van der Waals surface area contributed by atoms with Crippen LogP contribution in [0.2, 0.25) is 0 Å². The van der Waals surface area contributed by atoms with Crippen molar-refractivity contribution in [1.29, 1.82) is 0 Å². The van der Waals surface area contributed by atoms with Crippen molar-refractivity contribution in [3.63, 3.8) is 0 Å². The van der Waals surface area contributed by atoms with E-state index in [0.717, 1.165) is 5.56 Å². The lowest BCUT2D eigenvalue weighted by Gasteiger charge is -1.97. The van der Waals surface area contributed by atoms with Crippen molar-refractivity contribution in [2.75, 3.05) is 0 Å². The lowest BCUT2D eigenvalue weighted by molar-refractivity contribution is 0.607. The van der Waals surface area contributed by atoms with Gasteiger partial charge in [0.15, 0.2) is 5.03 Å². The standard InChI is InChI=1S/C9H9ClN2O2S/c1-6-3-4-12-7(2)11-9(8(12)5-6)15(10,13)14/h3-5H,1-2H3. The smallest absolute Gasteiger partial charge is 0.280 e. The Bertz CT molecular complexity index is 631. The number of aromatic nitrogens is 2. The number of fused-ring (bicyclic) bond motifs is 1. The van der Waals surface area contributed by atoms with Gasteiger partial charge in [-0.3, -0.25) is 0 Å². The predicted octanol–water partition coefficient (Wildman–Crippen LogP) is 1.88. The molecule has 0 saturated carbocycles. The van der Waals surface area contributed by atoms with E-state index < -0.39 is 9.05 Å². The van der Waals surface area contributed by atoms with E-state index in [4.69, 9.17) is 10.7 Å². The van der Waals surface area contributed by atoms with Crippen molar-refractivity contribution in [3.8, 4) is 0 Å². The Morgan fingerprint density at radius 2 is 2.07 bits per heavy atom. The molecule has 0 radical (unpaired) electrons. The Morgan fingerprint density at radius 1 is 1.40 bits per heavy atom. The molecule has 6 heteroatoms. The highest BCUT2D eigenvalue weighted by atomic mass is 35.7. The van der Waals surface area contributed by atoms with Gasteiger partial charge in [-0.25, -0.2) is 13.4 Å². The molecule has 4 nitrogen and oxygen atoms in total. The minimum Gasteiger partial charge on any atom is -0.303 e. The first-order chi connectivity index (χ1) is 6.89. The second-order valence-electron chi connectivity index (χ2n) is 3.36. The first-order valence-corrected chi connectivity index (χ1v) is 6.60. The number of pyridine rings is 1. The average Bonchev–Trinajstić information content (AvgIpc) is 2.42. The number of hydrogen-bond acceptors (Lipinski definition) is 3. The van der Waals surface area contributed by atoms with Gasteiger partial charge < -0.3 is 4.40 Å². The van der Waals surface area contributed by atoms with Crippen LogP contribution < -0.4 is 0 Å². The van der Waals surface area contributed by atoms with Gasteiger partial charge in [0.25, 0.3) is 9.05 Å². The van der Waals surface area contributed by atoms with Crippen molar-refractivity contribution in [2.24, 2.45) is 0 Å². The molecule has 2 rings (SSSR count). The zero-order valence-electron chi connectivity index (χ0n) is 8.23. The van der Waals surface area contributed by atoms with E-state index in [2.05, 4.69) is 4.98 Å². The number of rotatable bonds is 1. The molecular weight excluding hydrogens is 236 g/mol. The van der Waals surface area contributed by atoms with Crippen molar-refractivity contribution in [3.05, 3.63) is 29.7 Å². The molecule has 0 aromatic carbocycles. The molecule has 0 aliphatic heterocycles. The molecule has 0 fully saturated rings. The summed E-state index contributed by atoms with van der Waals surface area (Å²) in [6.45, 7) is 3.61. The summed E-state index contributed by atoms with van der Waals surface area (Å²) in [5.74, 6) is 0.601. The largest absolute Gasteiger partial charge is 0.303 e. The minimum atomic E-state index is -3.79. The molecule has 15 heavy (non-hydrogen) atoms. The zero-order chi connectivity index (χ0) is 11.2. The summed E-state index contributed by atoms with van der Waals surface area (Å²) in [5, 5.41) is -0.0784. The molecule has 2 heterocycles. The van der Waals surface area contributed by atoms with E-state index >= 15 is 0 Å². The van der Waals surface area contributed by atoms with Crippen LogP contribution in [0, 0.1) is 13.8 Å². The summed E-state index contributed by atoms with van der Waals surface area (Å²) < 4.78 is 24.2. The van der Waals surface area contributed by atoms with Gasteiger partial charge in [-0.15, -0.1) is 0 Å². The summed E-state index contributed by atoms with van der Waals surface area (Å²) in [5.41, 5.74) is 1.48. The Labute approximate surface area is 91.9 Å². The highest BCUT2D eigenvalue weighted by Crippen LogP contribution is 2.22. The number of halogens is 1. The Hall–Kier alpha value is -1.07. The van der Waals surface area contributed by atoms with Crippen LogP contribution in [0.25, 0.3) is 5.52 Å². The molecule has 0 N–H and O–H groups in total. The van der Waals surface area contributed by atoms with Crippen LogP contribution in [0.1, 0.15) is 11.4 Å². The summed E-state index contributed by atoms with van der Waals surface area (Å²) in [7, 11) is 1.51. The van der Waals surface area contributed by atoms with Crippen LogP contribution >= 0.6 is 10.7 Å². The van der Waals surface area contributed by atoms with Gasteiger partial charge >= 0.3 is 0 Å². The fraction of sp³-hybridized carbons (Fsp3) is 0.222. The van der Waals surface area contributed by atoms with Crippen LogP contribution in [-0.2, 0) is 9.05 Å². The average molecular weight is 245 g/mol. The highest BCUT2D eigenvalue weighted by molar-refractivity contribution is 8.13. The third-order valence-corrected chi connectivity index (χ3v) is 3.37. The van der Waals surface area contributed by atoms with Crippen molar-refractivity contribution < 1.29 is 8.42 Å². The van der Waals surface area contributed by atoms with E-state index in [0.29, 0.717) is 11.3 Å². The SMILES string of the molecule is Cc1ccn2c(C)nc(S(=O)(=O)Cl)c2c1. The van der Waals surface area contributed by atoms with Gasteiger partial charge in [-0.2, -0.15) is 0 Å². The first-order valence-electron chi connectivity index (χ1n) is 4.29. The highest BCUT2D eigenvalue weighted by Gasteiger charge is 2.19. The summed E-state index contributed by atoms with van der Waals surface area (Å²) in [6, 6.07) is 3.63. The lowest BCUT2D eigenvalue weighted by Crippen LogP contribution is -1.92. The zero-order valence-corrected chi connectivity index (χ0v) is 9.80. The van der Waals surface area contributed by atoms with E-state index in [1.807, 2.05) is 13.0 Å². The maximum atomic E-state index is 11.3. The molecule has 80 valence electrons. The van der Waals surface area contributed by atoms with E-state index in [9.17, 15) is 8.42 Å². The van der Waals surface area contributed by atoms with Crippen LogP contribution in [0.3, 0.4) is 0 Å². The molecule has 0 aliphatic carbocycles. The third-order valence-electron chi connectivity index (χ3n) is 2.17. The molecular formula is C9H9ClN2O2S. The van der Waals surface area contributed by atoms with Crippen molar-refractivity contribution >= 4 is 25.2 Å². The van der Waals surface area contributed by atoms with Gasteiger partial charge in [-0.05, 0) is 31.5 Å². The number of nitrogens with zero attached hydrogens (tertiary/aromatic N) is 2. The van der Waals surface area contributed by atoms with E-state index in [1.165, 1.54) is 0 Å². The summed E-state index contributed by atoms with van der Waals surface area (Å²) in [6.07, 6.45) is 1.78. The normalized spacial score (nSPS) is 12.2. The van der Waals surface area contributed by atoms with Crippen molar-refractivity contribution in [2.45, 2.75) is 18.9 Å².